The second-order valence-corrected chi connectivity index (χ2v) is 7.04. The Bertz CT molecular complexity index is 761. The lowest BCUT2D eigenvalue weighted by atomic mass is 10.1. The van der Waals surface area contributed by atoms with Gasteiger partial charge in [0.15, 0.2) is 11.5 Å². The third kappa shape index (κ3) is 4.67. The molecule has 0 unspecified atom stereocenters. The van der Waals surface area contributed by atoms with Crippen LogP contribution >= 0.6 is 11.6 Å². The summed E-state index contributed by atoms with van der Waals surface area (Å²) in [5, 5.41) is 0.843. The Kier molecular flexibility index (Phi) is 6.83. The average Bonchev–Trinajstić information content (AvgIpc) is 2.70. The number of nitrogens with zero attached hydrogens (tertiary/aromatic N) is 2. The van der Waals surface area contributed by atoms with Gasteiger partial charge in [-0.25, -0.2) is 0 Å². The van der Waals surface area contributed by atoms with Gasteiger partial charge in [0.1, 0.15) is 0 Å². The molecule has 5 nitrogen and oxygen atoms in total. The molecule has 0 radical (unpaired) electrons. The molecule has 0 N–H and O–H groups in total. The number of piperazine rings is 1. The Morgan fingerprint density at radius 3 is 1.89 bits per heavy atom. The van der Waals surface area contributed by atoms with Gasteiger partial charge in [-0.1, -0.05) is 35.9 Å². The molecule has 1 heterocycles. The highest BCUT2D eigenvalue weighted by atomic mass is 35.5. The lowest BCUT2D eigenvalue weighted by Crippen LogP contribution is -2.45. The van der Waals surface area contributed by atoms with E-state index in [0.29, 0.717) is 11.5 Å². The van der Waals surface area contributed by atoms with Gasteiger partial charge in [-0.15, -0.1) is 0 Å². The van der Waals surface area contributed by atoms with E-state index in [1.54, 1.807) is 21.3 Å². The van der Waals surface area contributed by atoms with Crippen LogP contribution in [0, 0.1) is 0 Å². The number of hydrogen-bond donors (Lipinski definition) is 0. The minimum absolute atomic E-state index is 0.648. The van der Waals surface area contributed by atoms with Crippen molar-refractivity contribution >= 4 is 11.6 Å². The Morgan fingerprint density at radius 1 is 0.741 bits per heavy atom. The van der Waals surface area contributed by atoms with Gasteiger partial charge in [-0.3, -0.25) is 9.80 Å². The fourth-order valence-corrected chi connectivity index (χ4v) is 3.70. The highest BCUT2D eigenvalue weighted by Crippen LogP contribution is 2.40. The maximum atomic E-state index is 6.29. The Morgan fingerprint density at radius 2 is 1.33 bits per heavy atom. The molecule has 1 saturated heterocycles. The van der Waals surface area contributed by atoms with Gasteiger partial charge in [0.25, 0.3) is 0 Å². The minimum Gasteiger partial charge on any atom is -0.493 e. The van der Waals surface area contributed by atoms with E-state index in [0.717, 1.165) is 55.6 Å². The normalized spacial score (nSPS) is 15.6. The van der Waals surface area contributed by atoms with Crippen LogP contribution in [0.25, 0.3) is 0 Å². The van der Waals surface area contributed by atoms with Gasteiger partial charge in [-0.05, 0) is 17.7 Å². The molecule has 1 fully saturated rings. The number of halogens is 1. The van der Waals surface area contributed by atoms with Crippen LogP contribution in [0.3, 0.4) is 0 Å². The second-order valence-electron chi connectivity index (χ2n) is 6.64. The Labute approximate surface area is 166 Å². The third-order valence-corrected chi connectivity index (χ3v) is 5.37. The quantitative estimate of drug-likeness (QED) is 0.720. The largest absolute Gasteiger partial charge is 0.493 e. The summed E-state index contributed by atoms with van der Waals surface area (Å²) in [7, 11) is 4.94. The van der Waals surface area contributed by atoms with Crippen LogP contribution in [-0.2, 0) is 13.1 Å². The van der Waals surface area contributed by atoms with Gasteiger partial charge in [-0.2, -0.15) is 0 Å². The van der Waals surface area contributed by atoms with Crippen LogP contribution in [0.1, 0.15) is 11.1 Å². The van der Waals surface area contributed by atoms with Crippen LogP contribution in [0.5, 0.6) is 17.2 Å². The molecule has 27 heavy (non-hydrogen) atoms. The molecule has 2 aromatic carbocycles. The predicted molar refractivity (Wildman–Crippen MR) is 108 cm³/mol. The molecule has 0 atom stereocenters. The molecule has 3 rings (SSSR count). The standard InChI is InChI=1S/C21H27ClN2O3/c1-25-19-9-8-17(20(26-2)21(19)27-3)15-24-12-10-23(11-13-24)14-16-6-4-5-7-18(16)22/h4-9H,10-15H2,1-3H3. The maximum Gasteiger partial charge on any atom is 0.203 e. The van der Waals surface area contributed by atoms with E-state index < -0.39 is 0 Å². The van der Waals surface area contributed by atoms with Gasteiger partial charge >= 0.3 is 0 Å². The van der Waals surface area contributed by atoms with Crippen molar-refractivity contribution in [3.8, 4) is 17.2 Å². The fraction of sp³-hybridized carbons (Fsp3) is 0.429. The Balaban J connectivity index is 1.62. The van der Waals surface area contributed by atoms with Crippen molar-refractivity contribution in [2.24, 2.45) is 0 Å². The molecular weight excluding hydrogens is 364 g/mol. The second kappa shape index (κ2) is 9.31. The predicted octanol–water partition coefficient (Wildman–Crippen LogP) is 3.68. The summed E-state index contributed by atoms with van der Waals surface area (Å²) < 4.78 is 16.5. The van der Waals surface area contributed by atoms with Crippen molar-refractivity contribution in [3.63, 3.8) is 0 Å². The van der Waals surface area contributed by atoms with Gasteiger partial charge in [0, 0.05) is 49.9 Å². The first-order chi connectivity index (χ1) is 13.2. The lowest BCUT2D eigenvalue weighted by Gasteiger charge is -2.35. The summed E-state index contributed by atoms with van der Waals surface area (Å²) in [5.41, 5.74) is 2.30. The first kappa shape index (κ1) is 19.8. The van der Waals surface area contributed by atoms with E-state index in [1.807, 2.05) is 24.3 Å². The third-order valence-electron chi connectivity index (χ3n) is 5.00. The zero-order chi connectivity index (χ0) is 19.2. The molecule has 0 bridgehead atoms. The summed E-state index contributed by atoms with van der Waals surface area (Å²) in [6, 6.07) is 12.1. The summed E-state index contributed by atoms with van der Waals surface area (Å²) in [4.78, 5) is 4.89. The van der Waals surface area contributed by atoms with Crippen LogP contribution < -0.4 is 14.2 Å². The highest BCUT2D eigenvalue weighted by molar-refractivity contribution is 6.31. The maximum absolute atomic E-state index is 6.29. The molecule has 0 amide bonds. The van der Waals surface area contributed by atoms with Crippen molar-refractivity contribution < 1.29 is 14.2 Å². The topological polar surface area (TPSA) is 34.2 Å². The van der Waals surface area contributed by atoms with Crippen molar-refractivity contribution in [1.82, 2.24) is 9.80 Å². The van der Waals surface area contributed by atoms with E-state index in [2.05, 4.69) is 21.9 Å². The zero-order valence-electron chi connectivity index (χ0n) is 16.2. The molecule has 0 aromatic heterocycles. The molecule has 146 valence electrons. The summed E-state index contributed by atoms with van der Waals surface area (Å²) in [6.45, 7) is 5.75. The number of hydrogen-bond acceptors (Lipinski definition) is 5. The van der Waals surface area contributed by atoms with Crippen LogP contribution in [0.15, 0.2) is 36.4 Å². The van der Waals surface area contributed by atoms with E-state index in [9.17, 15) is 0 Å². The van der Waals surface area contributed by atoms with E-state index in [1.165, 1.54) is 5.56 Å². The molecule has 1 aliphatic rings. The summed E-state index contributed by atoms with van der Waals surface area (Å²) >= 11 is 6.29. The molecule has 0 spiro atoms. The van der Waals surface area contributed by atoms with Crippen molar-refractivity contribution in [3.05, 3.63) is 52.5 Å². The van der Waals surface area contributed by atoms with E-state index in [-0.39, 0.29) is 0 Å². The van der Waals surface area contributed by atoms with Crippen molar-refractivity contribution in [2.45, 2.75) is 13.1 Å². The first-order valence-corrected chi connectivity index (χ1v) is 9.50. The van der Waals surface area contributed by atoms with Crippen molar-refractivity contribution in [1.29, 1.82) is 0 Å². The molecule has 2 aromatic rings. The monoisotopic (exact) mass is 390 g/mol. The van der Waals surface area contributed by atoms with Crippen molar-refractivity contribution in [2.75, 3.05) is 47.5 Å². The number of rotatable bonds is 7. The van der Waals surface area contributed by atoms with Crippen LogP contribution in [0.2, 0.25) is 5.02 Å². The molecular formula is C21H27ClN2O3. The fourth-order valence-electron chi connectivity index (χ4n) is 3.50. The Hall–Kier alpha value is -1.95. The van der Waals surface area contributed by atoms with E-state index >= 15 is 0 Å². The summed E-state index contributed by atoms with van der Waals surface area (Å²) in [5.74, 6) is 2.08. The number of benzene rings is 2. The number of methoxy groups -OCH3 is 3. The molecule has 6 heteroatoms. The van der Waals surface area contributed by atoms with Gasteiger partial charge < -0.3 is 14.2 Å². The van der Waals surface area contributed by atoms with Gasteiger partial charge in [0.05, 0.1) is 21.3 Å². The molecule has 1 aliphatic heterocycles. The zero-order valence-corrected chi connectivity index (χ0v) is 17.0. The molecule has 0 saturated carbocycles. The van der Waals surface area contributed by atoms with Gasteiger partial charge in [0.2, 0.25) is 5.75 Å². The minimum atomic E-state index is 0.648. The highest BCUT2D eigenvalue weighted by Gasteiger charge is 2.21. The van der Waals surface area contributed by atoms with Crippen LogP contribution in [-0.4, -0.2) is 57.3 Å². The average molecular weight is 391 g/mol. The number of ether oxygens (including phenoxy) is 3. The first-order valence-electron chi connectivity index (χ1n) is 9.12. The SMILES string of the molecule is COc1ccc(CN2CCN(Cc3ccccc3Cl)CC2)c(OC)c1OC. The van der Waals surface area contributed by atoms with E-state index in [4.69, 9.17) is 25.8 Å². The lowest BCUT2D eigenvalue weighted by molar-refractivity contribution is 0.121. The summed E-state index contributed by atoms with van der Waals surface area (Å²) in [6.07, 6.45) is 0. The smallest absolute Gasteiger partial charge is 0.203 e. The molecule has 0 aliphatic carbocycles. The van der Waals surface area contributed by atoms with Crippen LogP contribution in [0.4, 0.5) is 0 Å².